The molecule has 0 radical (unpaired) electrons. The minimum atomic E-state index is -2.32. The van der Waals surface area contributed by atoms with Gasteiger partial charge in [0.25, 0.3) is 0 Å². The fraction of sp³-hybridized carbons (Fsp3) is 0.190. The molecule has 7 aromatic rings. The van der Waals surface area contributed by atoms with Gasteiger partial charge in [-0.15, -0.1) is 0 Å². The van der Waals surface area contributed by atoms with Crippen LogP contribution in [0, 0.1) is 0 Å². The van der Waals surface area contributed by atoms with E-state index in [0.717, 1.165) is 72.8 Å². The molecule has 17 bridgehead atoms. The van der Waals surface area contributed by atoms with Crippen LogP contribution in [0.3, 0.4) is 0 Å². The van der Waals surface area contributed by atoms with Crippen LogP contribution in [-0.2, 0) is 49.6 Å². The van der Waals surface area contributed by atoms with E-state index in [9.17, 15) is 69.9 Å². The van der Waals surface area contributed by atoms with Gasteiger partial charge < -0.3 is 103 Å². The quantitative estimate of drug-likeness (QED) is 0.110. The minimum Gasteiger partial charge on any atom is -0.508 e. The number of aliphatic hydroxyl groups is 1. The molecule has 6 heterocycles. The van der Waals surface area contributed by atoms with Crippen molar-refractivity contribution in [2.45, 2.75) is 73.7 Å². The van der Waals surface area contributed by atoms with Crippen molar-refractivity contribution >= 4 is 76.5 Å². The summed E-state index contributed by atoms with van der Waals surface area (Å²) >= 11 is 13.7. The van der Waals surface area contributed by atoms with Gasteiger partial charge in [0, 0.05) is 36.1 Å². The number of carboxylic acid groups (broad SMARTS) is 2. The molecule has 0 fully saturated rings. The molecule has 7 aromatic carbocycles. The number of aromatic hydroxyl groups is 6. The number of nitrogens with one attached hydrogen (secondary N) is 7. The normalized spacial score (nSPS) is 21.3. The van der Waals surface area contributed by atoms with E-state index >= 15 is 19.2 Å². The fourth-order valence-electron chi connectivity index (χ4n) is 11.0. The lowest BCUT2D eigenvalue weighted by molar-refractivity contribution is -0.143. The largest absolute Gasteiger partial charge is 0.508 e. The van der Waals surface area contributed by atoms with E-state index in [1.54, 1.807) is 0 Å². The molecular formula is C63H52Cl2N8O21. The molecule has 29 nitrogen and oxygen atoms in total. The molecule has 6 aliphatic rings. The lowest BCUT2D eigenvalue weighted by atomic mass is 9.89. The highest BCUT2D eigenvalue weighted by Crippen LogP contribution is 2.48. The number of carbonyl (C=O) groups is 9. The summed E-state index contributed by atoms with van der Waals surface area (Å²) in [5.41, 5.74) is 3.89. The van der Waals surface area contributed by atoms with Crippen LogP contribution in [0.5, 0.6) is 69.0 Å². The Morgan fingerprint density at radius 3 is 1.79 bits per heavy atom. The molecular weight excluding hydrogens is 1280 g/mol. The highest BCUT2D eigenvalue weighted by Gasteiger charge is 2.42. The van der Waals surface area contributed by atoms with Crippen molar-refractivity contribution in [1.82, 2.24) is 37.2 Å². The van der Waals surface area contributed by atoms with Crippen LogP contribution in [-0.4, -0.2) is 117 Å². The summed E-state index contributed by atoms with van der Waals surface area (Å²) < 4.78 is 18.4. The Kier molecular flexibility index (Phi) is 17.5. The lowest BCUT2D eigenvalue weighted by Gasteiger charge is -2.32. The number of phenolic OH excluding ortho intramolecular Hbond substituents is 6. The second-order valence-electron chi connectivity index (χ2n) is 22.1. The van der Waals surface area contributed by atoms with Crippen LogP contribution in [0.1, 0.15) is 88.1 Å². The molecule has 484 valence electrons. The lowest BCUT2D eigenvalue weighted by Crippen LogP contribution is -2.56. The number of amides is 7. The average molecular weight is 1330 g/mol. The number of benzene rings is 7. The predicted octanol–water partition coefficient (Wildman–Crippen LogP) is 4.33. The van der Waals surface area contributed by atoms with Gasteiger partial charge in [0.15, 0.2) is 23.0 Å². The van der Waals surface area contributed by atoms with Gasteiger partial charge in [-0.1, -0.05) is 47.5 Å². The summed E-state index contributed by atoms with van der Waals surface area (Å²) in [5, 5.41) is 117. The summed E-state index contributed by atoms with van der Waals surface area (Å²) in [7, 11) is 0. The van der Waals surface area contributed by atoms with Crippen LogP contribution < -0.4 is 57.2 Å². The van der Waals surface area contributed by atoms with Crippen molar-refractivity contribution in [3.8, 4) is 80.1 Å². The Labute approximate surface area is 538 Å². The maximum Gasteiger partial charge on any atom is 0.326 e. The van der Waals surface area contributed by atoms with Crippen molar-refractivity contribution in [3.05, 3.63) is 164 Å². The molecule has 31 heteroatoms. The first kappa shape index (κ1) is 64.0. The highest BCUT2D eigenvalue weighted by molar-refractivity contribution is 6.32. The summed E-state index contributed by atoms with van der Waals surface area (Å²) in [6.45, 7) is 0. The third-order valence-corrected chi connectivity index (χ3v) is 16.3. The molecule has 0 aromatic heterocycles. The van der Waals surface area contributed by atoms with Gasteiger partial charge in [-0.3, -0.25) is 38.4 Å². The Balaban J connectivity index is 1.12. The molecule has 0 saturated heterocycles. The van der Waals surface area contributed by atoms with Crippen LogP contribution >= 0.6 is 23.2 Å². The third kappa shape index (κ3) is 13.0. The van der Waals surface area contributed by atoms with Gasteiger partial charge in [0.05, 0.1) is 10.0 Å². The number of carboxylic acids is 2. The Bertz CT molecular complexity index is 4380. The van der Waals surface area contributed by atoms with E-state index in [-0.39, 0.29) is 72.8 Å². The van der Waals surface area contributed by atoms with Crippen molar-refractivity contribution in [2.24, 2.45) is 5.73 Å². The molecule has 0 spiro atoms. The first-order valence-corrected chi connectivity index (χ1v) is 29.0. The molecule has 13 rings (SSSR count). The number of carbonyl (C=O) groups excluding carboxylic acids is 7. The molecule has 1 unspecified atom stereocenters. The first-order valence-electron chi connectivity index (χ1n) is 28.2. The molecule has 7 amide bonds. The number of phenols is 6. The van der Waals surface area contributed by atoms with Crippen molar-refractivity contribution in [2.75, 3.05) is 0 Å². The topological polar surface area (TPSA) is 474 Å². The third-order valence-electron chi connectivity index (χ3n) is 15.7. The number of aliphatic carboxylic acids is 2. The zero-order valence-corrected chi connectivity index (χ0v) is 49.6. The SMILES string of the molecule is N[C@H]1C(=O)N[C@@H]2Cc3ccc(c(Cl)c3)Oc3cc4cc(c3O)Oc3ccc(cc3Cl)[C@@H](O)[C@@H]3NC(=O)[C@H](NC(=O)[C@@H]4NC(=O)[C@@H](NC2=O)c2cc(O)cc(c2)Oc2cc1ccc2O)c1ccc(O)c(c1)-c1c(O)cc(O)cc1[C@@H](C(=O)NC(CCC(=O)O)C(=O)O)NC3=O. The number of hydrogen-bond donors (Lipinski definition) is 17. The number of rotatable bonds is 6. The van der Waals surface area contributed by atoms with Gasteiger partial charge in [-0.25, -0.2) is 4.79 Å². The Hall–Kier alpha value is -11.5. The van der Waals surface area contributed by atoms with E-state index in [2.05, 4.69) is 37.2 Å². The van der Waals surface area contributed by atoms with E-state index < -0.39 is 183 Å². The zero-order chi connectivity index (χ0) is 67.3. The number of halogens is 2. The van der Waals surface area contributed by atoms with E-state index in [1.807, 2.05) is 0 Å². The number of fused-ring (bicyclic) bond motifs is 14. The van der Waals surface area contributed by atoms with E-state index in [0.29, 0.717) is 0 Å². The summed E-state index contributed by atoms with van der Waals surface area (Å²) in [6.07, 6.45) is -4.10. The first-order chi connectivity index (χ1) is 44.7. The fourth-order valence-corrected chi connectivity index (χ4v) is 11.5. The second kappa shape index (κ2) is 25.6. The number of hydrogen-bond acceptors (Lipinski definition) is 20. The molecule has 9 atom stereocenters. The van der Waals surface area contributed by atoms with Crippen molar-refractivity contribution in [3.63, 3.8) is 0 Å². The highest BCUT2D eigenvalue weighted by atomic mass is 35.5. The number of nitrogens with two attached hydrogens (primary N) is 1. The van der Waals surface area contributed by atoms with Crippen LogP contribution in [0.15, 0.2) is 115 Å². The van der Waals surface area contributed by atoms with Gasteiger partial charge in [-0.2, -0.15) is 0 Å². The summed E-state index contributed by atoms with van der Waals surface area (Å²) in [6, 6.07) is 5.10. The van der Waals surface area contributed by atoms with E-state index in [4.69, 9.17) is 43.1 Å². The van der Waals surface area contributed by atoms with Gasteiger partial charge in [-0.05, 0) is 124 Å². The maximum absolute atomic E-state index is 15.8. The van der Waals surface area contributed by atoms with Crippen molar-refractivity contribution in [1.29, 1.82) is 0 Å². The zero-order valence-electron chi connectivity index (χ0n) is 48.0. The van der Waals surface area contributed by atoms with Crippen LogP contribution in [0.25, 0.3) is 11.1 Å². The predicted molar refractivity (Wildman–Crippen MR) is 324 cm³/mol. The smallest absolute Gasteiger partial charge is 0.326 e. The number of ether oxygens (including phenoxy) is 3. The maximum atomic E-state index is 15.8. The van der Waals surface area contributed by atoms with Crippen LogP contribution in [0.4, 0.5) is 0 Å². The number of aliphatic hydroxyl groups excluding tert-OH is 1. The van der Waals surface area contributed by atoms with Gasteiger partial charge in [0.2, 0.25) is 47.1 Å². The molecule has 0 aliphatic carbocycles. The standard InChI is InChI=1S/C63H52Cl2N8O21/c64-34-11-23-1-8-41(34)93-44-18-28-19-45(55(44)82)94-42-9-4-26(16-35(42)65)54(81)53-62(89)72-52(61(88)67-36(63(90)91)5-10-46(79)80)33-21-30(75)22-40(78)47(33)32-15-25(3-6-38(32)76)49(58(85)73-53)70-60(87)51(28)71-59(86)50-27-13-29(74)20-31(14-27)92-43-17-24(2-7-39(43)77)48(66)57(84)68-37(12-23)56(83)69-50/h1-4,6-9,11,13-22,36-37,48-54,74-78,81-82H,5,10,12,66H2,(H,67,88)(H,68,84)(H,69,83)(H,70,87)(H,71,86)(H,72,89)(H,73,85)(H,79,80)(H,90,91)/t36?,37-,48-,49-,50+,51-,52+,53+,54-/m1/s1. The second-order valence-corrected chi connectivity index (χ2v) is 22.9. The van der Waals surface area contributed by atoms with E-state index in [1.165, 1.54) is 42.5 Å². The Morgan fingerprint density at radius 1 is 0.543 bits per heavy atom. The minimum absolute atomic E-state index is 0.0991. The van der Waals surface area contributed by atoms with Crippen LogP contribution in [0.2, 0.25) is 10.0 Å². The monoisotopic (exact) mass is 1330 g/mol. The molecule has 94 heavy (non-hydrogen) atoms. The van der Waals surface area contributed by atoms with Crippen molar-refractivity contribution < 1.29 is 103 Å². The van der Waals surface area contributed by atoms with Gasteiger partial charge in [0.1, 0.15) is 94.7 Å². The molecule has 18 N–H and O–H groups in total. The van der Waals surface area contributed by atoms with Gasteiger partial charge >= 0.3 is 11.9 Å². The summed E-state index contributed by atoms with van der Waals surface area (Å²) in [4.78, 5) is 130. The summed E-state index contributed by atoms with van der Waals surface area (Å²) in [5.74, 6) is -18.6. The average Bonchev–Trinajstić information content (AvgIpc) is 0.777. The Morgan fingerprint density at radius 2 is 1.13 bits per heavy atom. The molecule has 0 saturated carbocycles. The molecule has 6 aliphatic heterocycles.